The molecule has 0 spiro atoms. The van der Waals surface area contributed by atoms with Gasteiger partial charge in [0.2, 0.25) is 0 Å². The van der Waals surface area contributed by atoms with Crippen LogP contribution in [0.1, 0.15) is 38.3 Å². The number of nitro benzene ring substituents is 1. The number of hydrogen-bond acceptors (Lipinski definition) is 5. The summed E-state index contributed by atoms with van der Waals surface area (Å²) in [5, 5.41) is 14.7. The van der Waals surface area contributed by atoms with Gasteiger partial charge >= 0.3 is 5.69 Å². The molecule has 6 heteroatoms. The molecule has 6 nitrogen and oxygen atoms in total. The van der Waals surface area contributed by atoms with Crippen molar-refractivity contribution in [1.82, 2.24) is 10.2 Å². The van der Waals surface area contributed by atoms with Crippen molar-refractivity contribution in [2.75, 3.05) is 33.3 Å². The minimum Gasteiger partial charge on any atom is -0.490 e. The third-order valence-corrected chi connectivity index (χ3v) is 4.39. The summed E-state index contributed by atoms with van der Waals surface area (Å²) >= 11 is 0. The molecule has 1 aromatic rings. The lowest BCUT2D eigenvalue weighted by Gasteiger charge is -2.35. The Hall–Kier alpha value is -1.66. The molecule has 1 aliphatic rings. The fourth-order valence-electron chi connectivity index (χ4n) is 3.10. The van der Waals surface area contributed by atoms with E-state index in [-0.39, 0.29) is 16.7 Å². The number of ether oxygens (including phenoxy) is 1. The lowest BCUT2D eigenvalue weighted by Crippen LogP contribution is -2.45. The highest BCUT2D eigenvalue weighted by Crippen LogP contribution is 2.34. The summed E-state index contributed by atoms with van der Waals surface area (Å²) in [6, 6.07) is 5.60. The smallest absolute Gasteiger partial charge is 0.311 e. The van der Waals surface area contributed by atoms with E-state index in [9.17, 15) is 10.1 Å². The van der Waals surface area contributed by atoms with E-state index in [0.29, 0.717) is 11.7 Å². The van der Waals surface area contributed by atoms with Crippen LogP contribution in [0.25, 0.3) is 0 Å². The third-order valence-electron chi connectivity index (χ3n) is 4.39. The first-order valence-corrected chi connectivity index (χ1v) is 8.30. The second-order valence-electron chi connectivity index (χ2n) is 6.46. The quantitative estimate of drug-likeness (QED) is 0.618. The number of benzene rings is 1. The molecule has 0 radical (unpaired) electrons. The zero-order chi connectivity index (χ0) is 16.8. The first-order valence-electron chi connectivity index (χ1n) is 8.30. The molecule has 1 aromatic carbocycles. The van der Waals surface area contributed by atoms with Crippen molar-refractivity contribution in [2.24, 2.45) is 5.92 Å². The van der Waals surface area contributed by atoms with Gasteiger partial charge in [0.05, 0.1) is 12.0 Å². The van der Waals surface area contributed by atoms with E-state index in [1.807, 2.05) is 6.07 Å². The Morgan fingerprint density at radius 2 is 2.00 bits per heavy atom. The highest BCUT2D eigenvalue weighted by molar-refractivity contribution is 5.49. The normalized spacial score (nSPS) is 17.2. The molecule has 0 aromatic heterocycles. The zero-order valence-corrected chi connectivity index (χ0v) is 14.2. The number of nitrogens with zero attached hydrogens (tertiary/aromatic N) is 2. The molecule has 1 heterocycles. The van der Waals surface area contributed by atoms with Gasteiger partial charge in [0.1, 0.15) is 0 Å². The third kappa shape index (κ3) is 4.65. The van der Waals surface area contributed by atoms with Crippen LogP contribution in [0.5, 0.6) is 5.75 Å². The van der Waals surface area contributed by atoms with Gasteiger partial charge in [0, 0.05) is 38.3 Å². The van der Waals surface area contributed by atoms with Crippen molar-refractivity contribution in [3.63, 3.8) is 0 Å². The molecule has 1 fully saturated rings. The van der Waals surface area contributed by atoms with E-state index in [2.05, 4.69) is 24.1 Å². The van der Waals surface area contributed by atoms with E-state index >= 15 is 0 Å². The largest absolute Gasteiger partial charge is 0.490 e. The lowest BCUT2D eigenvalue weighted by molar-refractivity contribution is -0.385. The van der Waals surface area contributed by atoms with Crippen molar-refractivity contribution in [3.8, 4) is 5.75 Å². The summed E-state index contributed by atoms with van der Waals surface area (Å²) in [6.45, 7) is 8.31. The van der Waals surface area contributed by atoms with Gasteiger partial charge in [-0.05, 0) is 30.4 Å². The minimum absolute atomic E-state index is 0.0506. The highest BCUT2D eigenvalue weighted by atomic mass is 16.6. The summed E-state index contributed by atoms with van der Waals surface area (Å²) in [4.78, 5) is 13.4. The Morgan fingerprint density at radius 1 is 1.30 bits per heavy atom. The number of hydrogen-bond donors (Lipinski definition) is 1. The Kier molecular flexibility index (Phi) is 6.36. The summed E-state index contributed by atoms with van der Waals surface area (Å²) in [7, 11) is 1.47. The van der Waals surface area contributed by atoms with E-state index in [4.69, 9.17) is 4.74 Å². The minimum atomic E-state index is -0.362. The van der Waals surface area contributed by atoms with Gasteiger partial charge in [-0.25, -0.2) is 0 Å². The SMILES string of the molecule is COc1ccc([C@@H](CCC(C)C)N2CCNCC2)cc1[N+](=O)[O-]. The van der Waals surface area contributed by atoms with Crippen LogP contribution in [0.15, 0.2) is 18.2 Å². The summed E-state index contributed by atoms with van der Waals surface area (Å²) in [5.74, 6) is 0.940. The molecule has 23 heavy (non-hydrogen) atoms. The van der Waals surface area contributed by atoms with Gasteiger partial charge in [0.15, 0.2) is 5.75 Å². The highest BCUT2D eigenvalue weighted by Gasteiger charge is 2.25. The van der Waals surface area contributed by atoms with E-state index in [1.165, 1.54) is 7.11 Å². The molecule has 0 amide bonds. The van der Waals surface area contributed by atoms with Crippen molar-refractivity contribution >= 4 is 5.69 Å². The fourth-order valence-corrected chi connectivity index (χ4v) is 3.10. The van der Waals surface area contributed by atoms with Gasteiger partial charge < -0.3 is 10.1 Å². The zero-order valence-electron chi connectivity index (χ0n) is 14.2. The van der Waals surface area contributed by atoms with Crippen LogP contribution >= 0.6 is 0 Å². The van der Waals surface area contributed by atoms with Gasteiger partial charge in [0.25, 0.3) is 0 Å². The molecule has 0 bridgehead atoms. The lowest BCUT2D eigenvalue weighted by atomic mass is 9.95. The van der Waals surface area contributed by atoms with E-state index in [1.54, 1.807) is 12.1 Å². The Morgan fingerprint density at radius 3 is 2.57 bits per heavy atom. The maximum Gasteiger partial charge on any atom is 0.311 e. The fraction of sp³-hybridized carbons (Fsp3) is 0.647. The number of nitro groups is 1. The second kappa shape index (κ2) is 8.26. The van der Waals surface area contributed by atoms with E-state index in [0.717, 1.165) is 44.6 Å². The first-order chi connectivity index (χ1) is 11.0. The molecule has 1 atom stereocenters. The molecule has 2 rings (SSSR count). The Labute approximate surface area is 138 Å². The monoisotopic (exact) mass is 321 g/mol. The van der Waals surface area contributed by atoms with Crippen LogP contribution in [0.2, 0.25) is 0 Å². The molecule has 1 saturated heterocycles. The van der Waals surface area contributed by atoms with Gasteiger partial charge in [-0.2, -0.15) is 0 Å². The van der Waals surface area contributed by atoms with Gasteiger partial charge in [-0.1, -0.05) is 19.9 Å². The van der Waals surface area contributed by atoms with Crippen LogP contribution in [0.3, 0.4) is 0 Å². The van der Waals surface area contributed by atoms with Gasteiger partial charge in [-0.3, -0.25) is 15.0 Å². The Balaban J connectivity index is 2.29. The van der Waals surface area contributed by atoms with Crippen LogP contribution in [-0.4, -0.2) is 43.1 Å². The first kappa shape index (κ1) is 17.7. The average Bonchev–Trinajstić information content (AvgIpc) is 2.55. The Bertz CT molecular complexity index is 528. The topological polar surface area (TPSA) is 67.6 Å². The molecule has 0 saturated carbocycles. The number of rotatable bonds is 7. The van der Waals surface area contributed by atoms with Crippen LogP contribution in [0, 0.1) is 16.0 Å². The van der Waals surface area contributed by atoms with Crippen LogP contribution in [0.4, 0.5) is 5.69 Å². The molecule has 0 aliphatic carbocycles. The molecule has 128 valence electrons. The van der Waals surface area contributed by atoms with Crippen LogP contribution < -0.4 is 10.1 Å². The molecule has 1 N–H and O–H groups in total. The second-order valence-corrected chi connectivity index (χ2v) is 6.46. The molecular formula is C17H27N3O3. The molecule has 1 aliphatic heterocycles. The standard InChI is InChI=1S/C17H27N3O3/c1-13(2)4-6-15(19-10-8-18-9-11-19)14-5-7-17(23-3)16(12-14)20(21)22/h5,7,12-13,15,18H,4,6,8-11H2,1-3H3/t15-/m1/s1. The van der Waals surface area contributed by atoms with Crippen molar-refractivity contribution < 1.29 is 9.66 Å². The van der Waals surface area contributed by atoms with Crippen molar-refractivity contribution in [2.45, 2.75) is 32.7 Å². The maximum absolute atomic E-state index is 11.3. The van der Waals surface area contributed by atoms with Crippen LogP contribution in [-0.2, 0) is 0 Å². The van der Waals surface area contributed by atoms with Gasteiger partial charge in [-0.15, -0.1) is 0 Å². The predicted octanol–water partition coefficient (Wildman–Crippen LogP) is 2.99. The molecule has 0 unspecified atom stereocenters. The number of methoxy groups -OCH3 is 1. The van der Waals surface area contributed by atoms with Crippen molar-refractivity contribution in [1.29, 1.82) is 0 Å². The summed E-state index contributed by atoms with van der Waals surface area (Å²) < 4.78 is 5.12. The summed E-state index contributed by atoms with van der Waals surface area (Å²) in [5.41, 5.74) is 1.06. The summed E-state index contributed by atoms with van der Waals surface area (Å²) in [6.07, 6.45) is 2.12. The number of nitrogens with one attached hydrogen (secondary N) is 1. The van der Waals surface area contributed by atoms with Crippen molar-refractivity contribution in [3.05, 3.63) is 33.9 Å². The predicted molar refractivity (Wildman–Crippen MR) is 90.9 cm³/mol. The van der Waals surface area contributed by atoms with E-state index < -0.39 is 0 Å². The average molecular weight is 321 g/mol. The number of piperazine rings is 1. The maximum atomic E-state index is 11.3. The molecular weight excluding hydrogens is 294 g/mol.